The van der Waals surface area contributed by atoms with Gasteiger partial charge < -0.3 is 15.4 Å². The average molecular weight is 550 g/mol. The highest BCUT2D eigenvalue weighted by molar-refractivity contribution is 8.03. The van der Waals surface area contributed by atoms with E-state index >= 15 is 0 Å². The summed E-state index contributed by atoms with van der Waals surface area (Å²) in [6.07, 6.45) is 1.05. The number of nitriles is 1. The quantitative estimate of drug-likeness (QED) is 0.410. The zero-order valence-corrected chi connectivity index (χ0v) is 23.0. The van der Waals surface area contributed by atoms with Crippen LogP contribution in [0.5, 0.6) is 0 Å². The van der Waals surface area contributed by atoms with E-state index < -0.39 is 11.9 Å². The standard InChI is InChI=1S/C29H28ClN3O4S/c1-4-37-28(36)18-7-11-20(12-8-18)32-24(35)16-38-27-21(15-31)25(17-5-9-19(30)10-6-17)26-22(33-27)13-29(2,3)14-23(26)34/h5-12,25,33H,4,13-14,16H2,1-3H3,(H,32,35)/t25-/m0/s1. The molecule has 1 aliphatic heterocycles. The van der Waals surface area contributed by atoms with Crippen LogP contribution in [0.15, 0.2) is 70.4 Å². The number of amides is 1. The van der Waals surface area contributed by atoms with Crippen molar-refractivity contribution < 1.29 is 19.1 Å². The summed E-state index contributed by atoms with van der Waals surface area (Å²) in [4.78, 5) is 37.9. The molecule has 0 bridgehead atoms. The SMILES string of the molecule is CCOC(=O)c1ccc(NC(=O)CSC2=C(C#N)[C@H](c3ccc(Cl)cc3)C3=C(CC(C)(C)CC3=O)N2)cc1. The van der Waals surface area contributed by atoms with Crippen LogP contribution in [0.25, 0.3) is 0 Å². The lowest BCUT2D eigenvalue weighted by Crippen LogP contribution is -2.37. The van der Waals surface area contributed by atoms with Gasteiger partial charge in [-0.25, -0.2) is 4.79 Å². The first kappa shape index (κ1) is 27.5. The van der Waals surface area contributed by atoms with E-state index in [1.807, 2.05) is 26.0 Å². The van der Waals surface area contributed by atoms with E-state index in [2.05, 4.69) is 16.7 Å². The second-order valence-corrected chi connectivity index (χ2v) is 11.4. The van der Waals surface area contributed by atoms with Gasteiger partial charge in [0.25, 0.3) is 0 Å². The summed E-state index contributed by atoms with van der Waals surface area (Å²) in [5.41, 5.74) is 3.32. The van der Waals surface area contributed by atoms with E-state index in [0.717, 1.165) is 11.3 Å². The molecule has 0 radical (unpaired) electrons. The predicted octanol–water partition coefficient (Wildman–Crippen LogP) is 5.95. The number of rotatable bonds is 7. The van der Waals surface area contributed by atoms with Crippen LogP contribution in [0, 0.1) is 16.7 Å². The molecule has 4 rings (SSSR count). The number of benzene rings is 2. The van der Waals surface area contributed by atoms with Crippen molar-refractivity contribution in [2.24, 2.45) is 5.41 Å². The molecule has 1 aliphatic carbocycles. The fourth-order valence-electron chi connectivity index (χ4n) is 4.72. The van der Waals surface area contributed by atoms with Crippen LogP contribution in [-0.2, 0) is 14.3 Å². The molecule has 1 atom stereocenters. The van der Waals surface area contributed by atoms with Gasteiger partial charge in [0.2, 0.25) is 5.91 Å². The molecule has 9 heteroatoms. The van der Waals surface area contributed by atoms with Gasteiger partial charge in [0, 0.05) is 28.4 Å². The molecule has 1 amide bonds. The molecule has 0 saturated carbocycles. The molecular formula is C29H28ClN3O4S. The van der Waals surface area contributed by atoms with Crippen molar-refractivity contribution in [1.29, 1.82) is 5.26 Å². The van der Waals surface area contributed by atoms with Gasteiger partial charge >= 0.3 is 5.97 Å². The average Bonchev–Trinajstić information content (AvgIpc) is 2.87. The summed E-state index contributed by atoms with van der Waals surface area (Å²) in [6.45, 7) is 6.11. The lowest BCUT2D eigenvalue weighted by molar-refractivity contribution is -0.118. The molecule has 196 valence electrons. The number of Topliss-reactive ketones (excluding diaryl/α,β-unsaturated/α-hetero) is 1. The summed E-state index contributed by atoms with van der Waals surface area (Å²) >= 11 is 7.32. The highest BCUT2D eigenvalue weighted by Gasteiger charge is 2.41. The summed E-state index contributed by atoms with van der Waals surface area (Å²) in [6, 6.07) is 15.9. The van der Waals surface area contributed by atoms with E-state index in [9.17, 15) is 19.6 Å². The molecular weight excluding hydrogens is 522 g/mol. The number of hydrogen-bond acceptors (Lipinski definition) is 7. The number of hydrogen-bond donors (Lipinski definition) is 2. The number of halogens is 1. The Labute approximate surface area is 231 Å². The number of esters is 1. The maximum absolute atomic E-state index is 13.3. The second-order valence-electron chi connectivity index (χ2n) is 9.93. The summed E-state index contributed by atoms with van der Waals surface area (Å²) in [5, 5.41) is 17.4. The van der Waals surface area contributed by atoms with Gasteiger partial charge in [-0.3, -0.25) is 9.59 Å². The van der Waals surface area contributed by atoms with Crippen LogP contribution < -0.4 is 10.6 Å². The number of thioether (sulfide) groups is 1. The van der Waals surface area contributed by atoms with Crippen molar-refractivity contribution in [3.8, 4) is 6.07 Å². The third-order valence-corrected chi connectivity index (χ3v) is 7.63. The van der Waals surface area contributed by atoms with Crippen LogP contribution in [0.4, 0.5) is 5.69 Å². The van der Waals surface area contributed by atoms with Crippen LogP contribution in [-0.4, -0.2) is 30.0 Å². The smallest absolute Gasteiger partial charge is 0.338 e. The number of dihydropyridines is 1. The molecule has 0 aromatic heterocycles. The topological polar surface area (TPSA) is 108 Å². The Kier molecular flexibility index (Phi) is 8.29. The predicted molar refractivity (Wildman–Crippen MR) is 149 cm³/mol. The third-order valence-electron chi connectivity index (χ3n) is 6.36. The van der Waals surface area contributed by atoms with Crippen molar-refractivity contribution in [3.05, 3.63) is 86.6 Å². The Morgan fingerprint density at radius 2 is 1.84 bits per heavy atom. The summed E-state index contributed by atoms with van der Waals surface area (Å²) in [5.74, 6) is -1.16. The van der Waals surface area contributed by atoms with E-state index in [0.29, 0.717) is 45.3 Å². The number of ether oxygens (including phenoxy) is 1. The number of nitrogens with zero attached hydrogens (tertiary/aromatic N) is 1. The number of nitrogens with one attached hydrogen (secondary N) is 2. The molecule has 7 nitrogen and oxygen atoms in total. The molecule has 0 unspecified atom stereocenters. The van der Waals surface area contributed by atoms with E-state index in [1.165, 1.54) is 11.8 Å². The molecule has 0 spiro atoms. The zero-order chi connectivity index (χ0) is 27.4. The summed E-state index contributed by atoms with van der Waals surface area (Å²) < 4.78 is 4.98. The van der Waals surface area contributed by atoms with Gasteiger partial charge in [-0.05, 0) is 60.7 Å². The molecule has 1 heterocycles. The minimum Gasteiger partial charge on any atom is -0.462 e. The lowest BCUT2D eigenvalue weighted by atomic mass is 9.69. The fourth-order valence-corrected chi connectivity index (χ4v) is 5.71. The number of carbonyl (C=O) groups excluding carboxylic acids is 3. The van der Waals surface area contributed by atoms with Crippen LogP contribution in [0.2, 0.25) is 5.02 Å². The summed E-state index contributed by atoms with van der Waals surface area (Å²) in [7, 11) is 0. The van der Waals surface area contributed by atoms with Crippen molar-refractivity contribution >= 4 is 46.7 Å². The Balaban J connectivity index is 1.55. The van der Waals surface area contributed by atoms with Gasteiger partial charge in [0.05, 0.1) is 40.5 Å². The third kappa shape index (κ3) is 6.12. The Morgan fingerprint density at radius 1 is 1.16 bits per heavy atom. The molecule has 0 fully saturated rings. The van der Waals surface area contributed by atoms with Gasteiger partial charge in [-0.2, -0.15) is 5.26 Å². The van der Waals surface area contributed by atoms with Crippen molar-refractivity contribution in [3.63, 3.8) is 0 Å². The maximum Gasteiger partial charge on any atom is 0.338 e. The lowest BCUT2D eigenvalue weighted by Gasteiger charge is -2.39. The molecule has 2 aromatic rings. The van der Waals surface area contributed by atoms with Crippen molar-refractivity contribution in [2.45, 2.75) is 39.5 Å². The molecule has 38 heavy (non-hydrogen) atoms. The second kappa shape index (κ2) is 11.5. The molecule has 2 aliphatic rings. The Morgan fingerprint density at radius 3 is 2.47 bits per heavy atom. The van der Waals surface area contributed by atoms with E-state index in [-0.39, 0.29) is 29.5 Å². The van der Waals surface area contributed by atoms with Gasteiger partial charge in [-0.15, -0.1) is 0 Å². The molecule has 2 aromatic carbocycles. The molecule has 2 N–H and O–H groups in total. The monoisotopic (exact) mass is 549 g/mol. The highest BCUT2D eigenvalue weighted by Crippen LogP contribution is 2.47. The largest absolute Gasteiger partial charge is 0.462 e. The first-order chi connectivity index (χ1) is 18.1. The minimum absolute atomic E-state index is 0.0181. The van der Waals surface area contributed by atoms with E-state index in [4.69, 9.17) is 16.3 Å². The number of ketones is 1. The van der Waals surface area contributed by atoms with E-state index in [1.54, 1.807) is 43.3 Å². The van der Waals surface area contributed by atoms with Crippen LogP contribution >= 0.6 is 23.4 Å². The first-order valence-corrected chi connectivity index (χ1v) is 13.6. The number of anilines is 1. The minimum atomic E-state index is -0.530. The Hall–Kier alpha value is -3.54. The van der Waals surface area contributed by atoms with Crippen molar-refractivity contribution in [1.82, 2.24) is 5.32 Å². The van der Waals surface area contributed by atoms with Crippen LogP contribution in [0.3, 0.4) is 0 Å². The van der Waals surface area contributed by atoms with Crippen molar-refractivity contribution in [2.75, 3.05) is 17.7 Å². The van der Waals surface area contributed by atoms with Crippen LogP contribution in [0.1, 0.15) is 55.5 Å². The fraction of sp³-hybridized carbons (Fsp3) is 0.310. The van der Waals surface area contributed by atoms with Gasteiger partial charge in [0.1, 0.15) is 0 Å². The Bertz CT molecular complexity index is 1370. The number of allylic oxidation sites excluding steroid dienone is 3. The highest BCUT2D eigenvalue weighted by atomic mass is 35.5. The number of carbonyl (C=O) groups is 3. The zero-order valence-electron chi connectivity index (χ0n) is 21.4. The first-order valence-electron chi connectivity index (χ1n) is 12.2. The normalized spacial score (nSPS) is 18.3. The van der Waals surface area contributed by atoms with Gasteiger partial charge in [-0.1, -0.05) is 49.3 Å². The molecule has 0 saturated heterocycles. The van der Waals surface area contributed by atoms with Gasteiger partial charge in [0.15, 0.2) is 5.78 Å². The maximum atomic E-state index is 13.3.